The van der Waals surface area contributed by atoms with Crippen LogP contribution in [0.15, 0.2) is 11.2 Å². The molecule has 0 saturated carbocycles. The normalized spacial score (nSPS) is 17.9. The summed E-state index contributed by atoms with van der Waals surface area (Å²) in [5.41, 5.74) is 9.03. The number of hydrogen-bond acceptors (Lipinski definition) is 5. The highest BCUT2D eigenvalue weighted by Gasteiger charge is 2.29. The summed E-state index contributed by atoms with van der Waals surface area (Å²) < 4.78 is 0. The molecule has 1 aromatic heterocycles. The van der Waals surface area contributed by atoms with Gasteiger partial charge in [-0.1, -0.05) is 27.2 Å². The van der Waals surface area contributed by atoms with Crippen LogP contribution in [0.25, 0.3) is 5.57 Å². The number of amides is 1. The van der Waals surface area contributed by atoms with E-state index in [1.165, 1.54) is 5.57 Å². The van der Waals surface area contributed by atoms with Gasteiger partial charge in [0.05, 0.1) is 5.69 Å². The summed E-state index contributed by atoms with van der Waals surface area (Å²) in [5, 5.41) is 3.42. The van der Waals surface area contributed by atoms with Gasteiger partial charge in [0.25, 0.3) is 0 Å². The fourth-order valence-corrected chi connectivity index (χ4v) is 3.92. The summed E-state index contributed by atoms with van der Waals surface area (Å²) in [6, 6.07) is 0. The van der Waals surface area contributed by atoms with Gasteiger partial charge in [-0.2, -0.15) is 0 Å². The Balaban J connectivity index is 2.21. The van der Waals surface area contributed by atoms with Crippen LogP contribution in [0, 0.1) is 18.3 Å². The van der Waals surface area contributed by atoms with Crippen LogP contribution in [-0.4, -0.2) is 22.4 Å². The van der Waals surface area contributed by atoms with E-state index in [1.54, 1.807) is 6.33 Å². The van der Waals surface area contributed by atoms with Gasteiger partial charge in [-0.15, -0.1) is 12.6 Å². The second-order valence-corrected chi connectivity index (χ2v) is 8.59. The van der Waals surface area contributed by atoms with Gasteiger partial charge in [0.15, 0.2) is 0 Å². The topological polar surface area (TPSA) is 80.9 Å². The number of aryl methyl sites for hydroxylation is 1. The molecule has 2 rings (SSSR count). The summed E-state index contributed by atoms with van der Waals surface area (Å²) >= 11 is 4.75. The van der Waals surface area contributed by atoms with Crippen LogP contribution in [0.1, 0.15) is 70.6 Å². The molecule has 1 unspecified atom stereocenters. The van der Waals surface area contributed by atoms with Crippen molar-refractivity contribution in [2.45, 2.75) is 66.2 Å². The molecular formula is C20H32N4OS. The van der Waals surface area contributed by atoms with Gasteiger partial charge in [-0.3, -0.25) is 4.79 Å². The van der Waals surface area contributed by atoms with Crippen molar-refractivity contribution in [1.29, 1.82) is 0 Å². The number of nitrogens with zero attached hydrogens (tertiary/aromatic N) is 2. The van der Waals surface area contributed by atoms with Gasteiger partial charge in [-0.25, -0.2) is 9.97 Å². The molecule has 1 aliphatic carbocycles. The maximum Gasteiger partial charge on any atom is 0.220 e. The maximum atomic E-state index is 11.6. The number of nitrogens with two attached hydrogens (primary N) is 1. The van der Waals surface area contributed by atoms with Crippen LogP contribution in [-0.2, 0) is 4.79 Å². The number of allylic oxidation sites excluding steroid dienone is 2. The van der Waals surface area contributed by atoms with Gasteiger partial charge >= 0.3 is 0 Å². The number of carbonyl (C=O) groups excluding carboxylic acids is 1. The van der Waals surface area contributed by atoms with Crippen LogP contribution in [0.2, 0.25) is 0 Å². The Kier molecular flexibility index (Phi) is 7.09. The van der Waals surface area contributed by atoms with E-state index in [0.717, 1.165) is 54.1 Å². The second-order valence-electron chi connectivity index (χ2n) is 8.05. The number of carbonyl (C=O) groups is 1. The van der Waals surface area contributed by atoms with Crippen molar-refractivity contribution in [2.75, 3.05) is 11.9 Å². The molecule has 0 aromatic carbocycles. The van der Waals surface area contributed by atoms with E-state index in [9.17, 15) is 4.79 Å². The fourth-order valence-electron chi connectivity index (χ4n) is 3.62. The lowest BCUT2D eigenvalue weighted by Gasteiger charge is -2.33. The second kappa shape index (κ2) is 8.89. The first-order chi connectivity index (χ1) is 12.2. The SMILES string of the molecule is CCCC(CCNc1ncnc(C)c1C1=C(S)CCC(C)(C)C1)C(N)=O. The Morgan fingerprint density at radius 1 is 1.38 bits per heavy atom. The minimum atomic E-state index is -0.220. The number of primary amides is 1. The predicted octanol–water partition coefficient (Wildman–Crippen LogP) is 4.34. The van der Waals surface area contributed by atoms with E-state index in [0.29, 0.717) is 13.0 Å². The summed E-state index contributed by atoms with van der Waals surface area (Å²) in [7, 11) is 0. The van der Waals surface area contributed by atoms with Crippen molar-refractivity contribution in [3.63, 3.8) is 0 Å². The molecule has 144 valence electrons. The molecule has 3 N–H and O–H groups in total. The smallest absolute Gasteiger partial charge is 0.220 e. The molecule has 0 spiro atoms. The number of rotatable bonds is 8. The molecule has 0 saturated heterocycles. The highest BCUT2D eigenvalue weighted by molar-refractivity contribution is 7.84. The number of thiol groups is 1. The lowest BCUT2D eigenvalue weighted by molar-refractivity contribution is -0.122. The zero-order valence-corrected chi connectivity index (χ0v) is 17.3. The summed E-state index contributed by atoms with van der Waals surface area (Å²) in [6.45, 7) is 9.33. The van der Waals surface area contributed by atoms with Gasteiger partial charge in [-0.05, 0) is 54.9 Å². The quantitative estimate of drug-likeness (QED) is 0.590. The van der Waals surface area contributed by atoms with Gasteiger partial charge in [0.1, 0.15) is 12.1 Å². The average Bonchev–Trinajstić information content (AvgIpc) is 2.56. The molecule has 1 amide bonds. The fraction of sp³-hybridized carbons (Fsp3) is 0.650. The molecule has 1 aliphatic rings. The standard InChI is InChI=1S/C20H32N4OS/c1-5-6-14(18(21)25)8-10-22-19-17(13(2)23-12-24-19)15-11-20(3,4)9-7-16(15)26/h12,14,26H,5-11H2,1-4H3,(H2,21,25)(H,22,23,24). The molecule has 0 fully saturated rings. The Hall–Kier alpha value is -1.56. The van der Waals surface area contributed by atoms with Crippen molar-refractivity contribution >= 4 is 29.9 Å². The first kappa shape index (κ1) is 20.7. The van der Waals surface area contributed by atoms with E-state index in [2.05, 4.69) is 36.1 Å². The minimum Gasteiger partial charge on any atom is -0.369 e. The van der Waals surface area contributed by atoms with Gasteiger partial charge in [0, 0.05) is 18.0 Å². The third kappa shape index (κ3) is 5.22. The van der Waals surface area contributed by atoms with E-state index in [4.69, 9.17) is 18.4 Å². The molecule has 5 nitrogen and oxygen atoms in total. The Bertz CT molecular complexity index is 684. The van der Waals surface area contributed by atoms with Crippen LogP contribution in [0.5, 0.6) is 0 Å². The van der Waals surface area contributed by atoms with Gasteiger partial charge < -0.3 is 11.1 Å². The monoisotopic (exact) mass is 376 g/mol. The Morgan fingerprint density at radius 2 is 2.12 bits per heavy atom. The number of nitrogens with one attached hydrogen (secondary N) is 1. The molecule has 0 aliphatic heterocycles. The van der Waals surface area contributed by atoms with Crippen molar-refractivity contribution in [2.24, 2.45) is 17.1 Å². The summed E-state index contributed by atoms with van der Waals surface area (Å²) in [6.07, 6.45) is 7.18. The minimum absolute atomic E-state index is 0.0906. The molecule has 0 radical (unpaired) electrons. The Morgan fingerprint density at radius 3 is 2.77 bits per heavy atom. The average molecular weight is 377 g/mol. The van der Waals surface area contributed by atoms with E-state index < -0.39 is 0 Å². The molecule has 1 atom stereocenters. The number of hydrogen-bond donors (Lipinski definition) is 3. The van der Waals surface area contributed by atoms with Crippen molar-refractivity contribution in [1.82, 2.24) is 9.97 Å². The van der Waals surface area contributed by atoms with E-state index in [-0.39, 0.29) is 17.2 Å². The Labute approximate surface area is 162 Å². The van der Waals surface area contributed by atoms with E-state index >= 15 is 0 Å². The molecule has 26 heavy (non-hydrogen) atoms. The number of aromatic nitrogens is 2. The molecule has 0 bridgehead atoms. The lowest BCUT2D eigenvalue weighted by Crippen LogP contribution is -2.25. The summed E-state index contributed by atoms with van der Waals surface area (Å²) in [4.78, 5) is 21.6. The zero-order valence-electron chi connectivity index (χ0n) is 16.4. The third-order valence-corrected chi connectivity index (χ3v) is 5.70. The molecule has 1 aromatic rings. The first-order valence-electron chi connectivity index (χ1n) is 9.51. The van der Waals surface area contributed by atoms with Crippen LogP contribution in [0.3, 0.4) is 0 Å². The molecule has 6 heteroatoms. The maximum absolute atomic E-state index is 11.6. The molecular weight excluding hydrogens is 344 g/mol. The van der Waals surface area contributed by atoms with Crippen LogP contribution in [0.4, 0.5) is 5.82 Å². The van der Waals surface area contributed by atoms with Crippen molar-refractivity contribution < 1.29 is 4.79 Å². The lowest BCUT2D eigenvalue weighted by atomic mass is 9.75. The predicted molar refractivity (Wildman–Crippen MR) is 111 cm³/mol. The largest absolute Gasteiger partial charge is 0.369 e. The van der Waals surface area contributed by atoms with Crippen LogP contribution < -0.4 is 11.1 Å². The van der Waals surface area contributed by atoms with E-state index in [1.807, 2.05) is 6.92 Å². The highest BCUT2D eigenvalue weighted by Crippen LogP contribution is 2.45. The number of anilines is 1. The van der Waals surface area contributed by atoms with Crippen molar-refractivity contribution in [3.8, 4) is 0 Å². The summed E-state index contributed by atoms with van der Waals surface area (Å²) in [5.74, 6) is 0.519. The van der Waals surface area contributed by atoms with Crippen molar-refractivity contribution in [3.05, 3.63) is 22.5 Å². The zero-order chi connectivity index (χ0) is 19.3. The third-order valence-electron chi connectivity index (χ3n) is 5.21. The highest BCUT2D eigenvalue weighted by atomic mass is 32.1. The first-order valence-corrected chi connectivity index (χ1v) is 9.96. The molecule has 1 heterocycles. The van der Waals surface area contributed by atoms with Crippen LogP contribution >= 0.6 is 12.6 Å². The van der Waals surface area contributed by atoms with Gasteiger partial charge in [0.2, 0.25) is 5.91 Å².